The van der Waals surface area contributed by atoms with Crippen LogP contribution in [-0.4, -0.2) is 23.5 Å². The zero-order chi connectivity index (χ0) is 18.1. The van der Waals surface area contributed by atoms with Gasteiger partial charge in [0.25, 0.3) is 5.78 Å². The van der Waals surface area contributed by atoms with Crippen LogP contribution in [0.3, 0.4) is 0 Å². The van der Waals surface area contributed by atoms with Crippen molar-refractivity contribution in [2.75, 3.05) is 0 Å². The van der Waals surface area contributed by atoms with E-state index in [-0.39, 0.29) is 11.3 Å². The zero-order valence-corrected chi connectivity index (χ0v) is 14.6. The van der Waals surface area contributed by atoms with Gasteiger partial charge in [0, 0.05) is 5.92 Å². The highest BCUT2D eigenvalue weighted by molar-refractivity contribution is 6.03. The third kappa shape index (κ3) is 2.31. The Kier molecular flexibility index (Phi) is 3.68. The van der Waals surface area contributed by atoms with E-state index in [2.05, 4.69) is 13.8 Å². The summed E-state index contributed by atoms with van der Waals surface area (Å²) in [4.78, 5) is 24.3. The molecular formula is C18H25F3O3. The second-order valence-corrected chi connectivity index (χ2v) is 8.99. The topological polar surface area (TPSA) is 43.4 Å². The largest absolute Gasteiger partial charge is 0.458 e. The molecule has 1 saturated heterocycles. The molecule has 1 unspecified atom stereocenters. The maximum absolute atomic E-state index is 13.1. The molecule has 3 rings (SSSR count). The van der Waals surface area contributed by atoms with E-state index in [4.69, 9.17) is 4.74 Å². The van der Waals surface area contributed by atoms with Crippen LogP contribution in [0.5, 0.6) is 0 Å². The van der Waals surface area contributed by atoms with Crippen molar-refractivity contribution < 1.29 is 27.5 Å². The highest BCUT2D eigenvalue weighted by Crippen LogP contribution is 2.66. The van der Waals surface area contributed by atoms with E-state index < -0.39 is 40.8 Å². The van der Waals surface area contributed by atoms with Gasteiger partial charge in [0.1, 0.15) is 11.5 Å². The molecule has 2 saturated carbocycles. The van der Waals surface area contributed by atoms with Gasteiger partial charge in [0.05, 0.1) is 0 Å². The predicted molar refractivity (Wildman–Crippen MR) is 81.0 cm³/mol. The second kappa shape index (κ2) is 4.98. The van der Waals surface area contributed by atoms with E-state index in [1.165, 1.54) is 0 Å². The van der Waals surface area contributed by atoms with Crippen molar-refractivity contribution in [3.05, 3.63) is 0 Å². The first kappa shape index (κ1) is 17.7. The molecule has 3 nitrogen and oxygen atoms in total. The SMILES string of the molecule is CC1(C)CCC[C@]2(C)[C@H]3C(C(=O)C(F)(F)F)C(=O)O[C@]3(C)CC[C@@H]12. The number of carbonyl (C=O) groups excluding carboxylic acids is 2. The van der Waals surface area contributed by atoms with Gasteiger partial charge in [-0.3, -0.25) is 9.59 Å². The average molecular weight is 346 g/mol. The molecule has 6 heteroatoms. The van der Waals surface area contributed by atoms with Crippen LogP contribution >= 0.6 is 0 Å². The molecule has 24 heavy (non-hydrogen) atoms. The quantitative estimate of drug-likeness (QED) is 0.525. The van der Waals surface area contributed by atoms with E-state index in [1.54, 1.807) is 6.92 Å². The van der Waals surface area contributed by atoms with E-state index in [9.17, 15) is 22.8 Å². The molecule has 1 heterocycles. The summed E-state index contributed by atoms with van der Waals surface area (Å²) in [6.07, 6.45) is -1.02. The number of esters is 1. The molecule has 1 aliphatic heterocycles. The fraction of sp³-hybridized carbons (Fsp3) is 0.889. The van der Waals surface area contributed by atoms with Gasteiger partial charge >= 0.3 is 12.1 Å². The van der Waals surface area contributed by atoms with Gasteiger partial charge in [-0.2, -0.15) is 13.2 Å². The summed E-state index contributed by atoms with van der Waals surface area (Å²) >= 11 is 0. The van der Waals surface area contributed by atoms with E-state index in [0.717, 1.165) is 25.7 Å². The van der Waals surface area contributed by atoms with E-state index >= 15 is 0 Å². The number of rotatable bonds is 1. The summed E-state index contributed by atoms with van der Waals surface area (Å²) in [6.45, 7) is 7.98. The maximum Gasteiger partial charge on any atom is 0.450 e. The minimum absolute atomic E-state index is 0.00814. The lowest BCUT2D eigenvalue weighted by Crippen LogP contribution is -2.58. The molecule has 3 fully saturated rings. The number of ketones is 1. The Morgan fingerprint density at radius 1 is 1.12 bits per heavy atom. The number of fused-ring (bicyclic) bond motifs is 3. The summed E-state index contributed by atoms with van der Waals surface area (Å²) in [7, 11) is 0. The standard InChI is InChI=1S/C18H25F3O3/c1-15(2)7-5-8-16(3)10(15)6-9-17(4)12(16)11(14(23)24-17)13(22)18(19,20)21/h10-12H,5-9H2,1-4H3/t10-,11?,12+,16-,17+/m0/s1. The monoisotopic (exact) mass is 346 g/mol. The van der Waals surface area contributed by atoms with Crippen LogP contribution in [0.15, 0.2) is 0 Å². The first-order valence-electron chi connectivity index (χ1n) is 8.67. The van der Waals surface area contributed by atoms with Crippen molar-refractivity contribution in [2.24, 2.45) is 28.6 Å². The first-order chi connectivity index (χ1) is 10.8. The van der Waals surface area contributed by atoms with Gasteiger partial charge in [-0.15, -0.1) is 0 Å². The number of alkyl halides is 3. The molecule has 3 aliphatic rings. The Morgan fingerprint density at radius 2 is 1.75 bits per heavy atom. The maximum atomic E-state index is 13.1. The van der Waals surface area contributed by atoms with Gasteiger partial charge in [-0.1, -0.05) is 27.2 Å². The fourth-order valence-corrected chi connectivity index (χ4v) is 6.25. The normalized spacial score (nSPS) is 44.5. The van der Waals surface area contributed by atoms with Crippen molar-refractivity contribution in [3.8, 4) is 0 Å². The van der Waals surface area contributed by atoms with Gasteiger partial charge in [-0.25, -0.2) is 0 Å². The average Bonchev–Trinajstić information content (AvgIpc) is 2.67. The summed E-state index contributed by atoms with van der Waals surface area (Å²) < 4.78 is 44.7. The molecule has 0 aromatic carbocycles. The Labute approximate surface area is 140 Å². The van der Waals surface area contributed by atoms with E-state index in [0.29, 0.717) is 6.42 Å². The molecule has 5 atom stereocenters. The van der Waals surface area contributed by atoms with Crippen molar-refractivity contribution in [1.82, 2.24) is 0 Å². The molecular weight excluding hydrogens is 321 g/mol. The van der Waals surface area contributed by atoms with Crippen LogP contribution in [0.2, 0.25) is 0 Å². The number of halogens is 3. The lowest BCUT2D eigenvalue weighted by Gasteiger charge is -2.60. The molecule has 0 radical (unpaired) electrons. The highest BCUT2D eigenvalue weighted by atomic mass is 19.4. The molecule has 0 aromatic rings. The number of carbonyl (C=O) groups is 2. The van der Waals surface area contributed by atoms with E-state index in [1.807, 2.05) is 6.92 Å². The summed E-state index contributed by atoms with van der Waals surface area (Å²) in [5, 5.41) is 0. The molecule has 0 amide bonds. The minimum Gasteiger partial charge on any atom is -0.458 e. The van der Waals surface area contributed by atoms with Crippen LogP contribution in [0.25, 0.3) is 0 Å². The van der Waals surface area contributed by atoms with Gasteiger partial charge in [0.15, 0.2) is 0 Å². The lowest BCUT2D eigenvalue weighted by atomic mass is 9.44. The molecule has 2 aliphatic carbocycles. The molecule has 0 N–H and O–H groups in total. The van der Waals surface area contributed by atoms with Crippen molar-refractivity contribution in [3.63, 3.8) is 0 Å². The minimum atomic E-state index is -5.01. The van der Waals surface area contributed by atoms with Crippen molar-refractivity contribution >= 4 is 11.8 Å². The number of hydrogen-bond donors (Lipinski definition) is 0. The van der Waals surface area contributed by atoms with Crippen LogP contribution in [0.4, 0.5) is 13.2 Å². The smallest absolute Gasteiger partial charge is 0.450 e. The number of ether oxygens (including phenoxy) is 1. The Morgan fingerprint density at radius 3 is 2.33 bits per heavy atom. The van der Waals surface area contributed by atoms with Gasteiger partial charge < -0.3 is 4.74 Å². The van der Waals surface area contributed by atoms with Crippen LogP contribution in [0, 0.1) is 28.6 Å². The van der Waals surface area contributed by atoms with Crippen LogP contribution < -0.4 is 0 Å². The van der Waals surface area contributed by atoms with Crippen molar-refractivity contribution in [1.29, 1.82) is 0 Å². The van der Waals surface area contributed by atoms with Gasteiger partial charge in [-0.05, 0) is 49.4 Å². The summed E-state index contributed by atoms with van der Waals surface area (Å²) in [5.41, 5.74) is -1.47. The zero-order valence-electron chi connectivity index (χ0n) is 14.6. The third-order valence-corrected chi connectivity index (χ3v) is 7.06. The highest BCUT2D eigenvalue weighted by Gasteiger charge is 2.70. The van der Waals surface area contributed by atoms with Crippen LogP contribution in [0.1, 0.15) is 59.8 Å². The van der Waals surface area contributed by atoms with Crippen molar-refractivity contribution in [2.45, 2.75) is 71.6 Å². The Hall–Kier alpha value is -1.07. The summed E-state index contributed by atoms with van der Waals surface area (Å²) in [6, 6.07) is 0. The Balaban J connectivity index is 2.09. The summed E-state index contributed by atoms with van der Waals surface area (Å²) in [5.74, 6) is -5.15. The molecule has 0 spiro atoms. The fourth-order valence-electron chi connectivity index (χ4n) is 6.25. The lowest BCUT2D eigenvalue weighted by molar-refractivity contribution is -0.185. The third-order valence-electron chi connectivity index (χ3n) is 7.06. The first-order valence-corrected chi connectivity index (χ1v) is 8.67. The number of hydrogen-bond acceptors (Lipinski definition) is 3. The molecule has 136 valence electrons. The Bertz CT molecular complexity index is 583. The van der Waals surface area contributed by atoms with Gasteiger partial charge in [0.2, 0.25) is 0 Å². The molecule has 0 bridgehead atoms. The van der Waals surface area contributed by atoms with Crippen LogP contribution in [-0.2, 0) is 14.3 Å². The second-order valence-electron chi connectivity index (χ2n) is 8.99. The predicted octanol–water partition coefficient (Wildman–Crippen LogP) is 4.29. The molecule has 0 aromatic heterocycles. The number of Topliss-reactive ketones (excluding diaryl/α,β-unsaturated/α-hetero) is 1.